The number of hydrogen-bond acceptors (Lipinski definition) is 3. The Hall–Kier alpha value is -1.84. The van der Waals surface area contributed by atoms with Crippen LogP contribution in [-0.4, -0.2) is 24.0 Å². The number of carbonyl (C=O) groups is 1. The van der Waals surface area contributed by atoms with Crippen LogP contribution in [0.5, 0.6) is 0 Å². The van der Waals surface area contributed by atoms with E-state index < -0.39 is 0 Å². The zero-order chi connectivity index (χ0) is 13.8. The molecule has 1 saturated heterocycles. The monoisotopic (exact) mass is 271 g/mol. The molecule has 4 nitrogen and oxygen atoms in total. The van der Waals surface area contributed by atoms with Crippen molar-refractivity contribution in [2.24, 2.45) is 5.92 Å². The highest BCUT2D eigenvalue weighted by atomic mass is 16.1. The van der Waals surface area contributed by atoms with Crippen LogP contribution in [0.4, 0.5) is 11.5 Å². The first-order chi connectivity index (χ1) is 9.81. The highest BCUT2D eigenvalue weighted by Gasteiger charge is 2.15. The summed E-state index contributed by atoms with van der Waals surface area (Å²) >= 11 is 0. The van der Waals surface area contributed by atoms with E-state index in [9.17, 15) is 4.79 Å². The van der Waals surface area contributed by atoms with E-state index in [-0.39, 0.29) is 5.91 Å². The van der Waals surface area contributed by atoms with E-state index in [1.807, 2.05) is 12.1 Å². The standard InChI is InChI=1S/C16H21N3O/c20-16(11-13-5-1-2-6-13)18-14-7-8-15(17-12-14)19-9-3-4-10-19/h1,5,7-8,12-13H,2-4,6,9-11H2,(H,18,20). The van der Waals surface area contributed by atoms with Crippen LogP contribution in [0.2, 0.25) is 0 Å². The topological polar surface area (TPSA) is 45.2 Å². The molecule has 0 saturated carbocycles. The second-order valence-corrected chi connectivity index (χ2v) is 5.62. The van der Waals surface area contributed by atoms with Gasteiger partial charge in [-0.25, -0.2) is 4.98 Å². The molecule has 0 aromatic carbocycles. The fourth-order valence-electron chi connectivity index (χ4n) is 2.91. The number of hydrogen-bond donors (Lipinski definition) is 1. The number of pyridine rings is 1. The van der Waals surface area contributed by atoms with Gasteiger partial charge in [-0.3, -0.25) is 4.79 Å². The van der Waals surface area contributed by atoms with Crippen LogP contribution >= 0.6 is 0 Å². The first kappa shape index (κ1) is 13.2. The maximum Gasteiger partial charge on any atom is 0.225 e. The quantitative estimate of drug-likeness (QED) is 0.856. The molecule has 1 aromatic rings. The normalized spacial score (nSPS) is 21.4. The van der Waals surface area contributed by atoms with Crippen molar-refractivity contribution < 1.29 is 4.79 Å². The zero-order valence-corrected chi connectivity index (χ0v) is 11.7. The number of aromatic nitrogens is 1. The van der Waals surface area contributed by atoms with Crippen molar-refractivity contribution in [2.45, 2.75) is 32.1 Å². The maximum atomic E-state index is 11.9. The molecule has 1 aromatic heterocycles. The molecule has 4 heteroatoms. The Bertz CT molecular complexity index is 489. The SMILES string of the molecule is O=C(CC1C=CCC1)Nc1ccc(N2CCCC2)nc1. The zero-order valence-electron chi connectivity index (χ0n) is 11.7. The molecule has 2 aliphatic rings. The van der Waals surface area contributed by atoms with Crippen LogP contribution in [0.15, 0.2) is 30.5 Å². The van der Waals surface area contributed by atoms with E-state index in [0.717, 1.165) is 37.4 Å². The second kappa shape index (κ2) is 6.07. The van der Waals surface area contributed by atoms with Crippen LogP contribution < -0.4 is 10.2 Å². The average molecular weight is 271 g/mol. The Morgan fingerprint density at radius 3 is 2.85 bits per heavy atom. The number of amides is 1. The lowest BCUT2D eigenvalue weighted by Gasteiger charge is -2.16. The molecule has 1 atom stereocenters. The smallest absolute Gasteiger partial charge is 0.225 e. The van der Waals surface area contributed by atoms with Gasteiger partial charge in [0.15, 0.2) is 0 Å². The highest BCUT2D eigenvalue weighted by molar-refractivity contribution is 5.90. The predicted octanol–water partition coefficient (Wildman–Crippen LogP) is 2.98. The van der Waals surface area contributed by atoms with Gasteiger partial charge < -0.3 is 10.2 Å². The lowest BCUT2D eigenvalue weighted by atomic mass is 10.1. The van der Waals surface area contributed by atoms with Gasteiger partial charge in [0.25, 0.3) is 0 Å². The number of carbonyl (C=O) groups excluding carboxylic acids is 1. The molecule has 1 aliphatic carbocycles. The molecule has 20 heavy (non-hydrogen) atoms. The van der Waals surface area contributed by atoms with Crippen molar-refractivity contribution in [2.75, 3.05) is 23.3 Å². The molecule has 1 amide bonds. The average Bonchev–Trinajstić information content (AvgIpc) is 3.12. The first-order valence-corrected chi connectivity index (χ1v) is 7.49. The van der Waals surface area contributed by atoms with Gasteiger partial charge in [0.05, 0.1) is 11.9 Å². The van der Waals surface area contributed by atoms with Crippen molar-refractivity contribution >= 4 is 17.4 Å². The van der Waals surface area contributed by atoms with Gasteiger partial charge in [0.1, 0.15) is 5.82 Å². The molecule has 0 radical (unpaired) electrons. The predicted molar refractivity (Wildman–Crippen MR) is 80.8 cm³/mol. The van der Waals surface area contributed by atoms with Crippen molar-refractivity contribution in [1.82, 2.24) is 4.98 Å². The van der Waals surface area contributed by atoms with E-state index in [4.69, 9.17) is 0 Å². The number of allylic oxidation sites excluding steroid dienone is 2. The molecule has 1 N–H and O–H groups in total. The summed E-state index contributed by atoms with van der Waals surface area (Å²) in [4.78, 5) is 18.7. The van der Waals surface area contributed by atoms with Crippen LogP contribution in [-0.2, 0) is 4.79 Å². The minimum atomic E-state index is 0.0808. The maximum absolute atomic E-state index is 11.9. The first-order valence-electron chi connectivity index (χ1n) is 7.49. The molecule has 0 spiro atoms. The van der Waals surface area contributed by atoms with Crippen LogP contribution in [0.25, 0.3) is 0 Å². The van der Waals surface area contributed by atoms with Gasteiger partial charge in [-0.05, 0) is 43.7 Å². The Morgan fingerprint density at radius 2 is 2.20 bits per heavy atom. The Kier molecular flexibility index (Phi) is 4.00. The number of anilines is 2. The van der Waals surface area contributed by atoms with Gasteiger partial charge in [-0.1, -0.05) is 12.2 Å². The molecule has 1 fully saturated rings. The lowest BCUT2D eigenvalue weighted by Crippen LogP contribution is -2.19. The minimum absolute atomic E-state index is 0.0808. The van der Waals surface area contributed by atoms with Crippen LogP contribution in [0.1, 0.15) is 32.1 Å². The molecule has 2 heterocycles. The van der Waals surface area contributed by atoms with E-state index in [1.165, 1.54) is 12.8 Å². The molecule has 1 unspecified atom stereocenters. The third-order valence-electron chi connectivity index (χ3n) is 4.02. The van der Waals surface area contributed by atoms with E-state index in [0.29, 0.717) is 12.3 Å². The fraction of sp³-hybridized carbons (Fsp3) is 0.500. The molecular formula is C16H21N3O. The summed E-state index contributed by atoms with van der Waals surface area (Å²) in [7, 11) is 0. The van der Waals surface area contributed by atoms with Crippen LogP contribution in [0, 0.1) is 5.92 Å². The summed E-state index contributed by atoms with van der Waals surface area (Å²) in [5.74, 6) is 1.50. The largest absolute Gasteiger partial charge is 0.357 e. The van der Waals surface area contributed by atoms with Gasteiger partial charge in [0.2, 0.25) is 5.91 Å². The number of nitrogens with one attached hydrogen (secondary N) is 1. The Labute approximate surface area is 119 Å². The van der Waals surface area contributed by atoms with E-state index in [2.05, 4.69) is 27.4 Å². The van der Waals surface area contributed by atoms with Crippen LogP contribution in [0.3, 0.4) is 0 Å². The van der Waals surface area contributed by atoms with Gasteiger partial charge in [0, 0.05) is 19.5 Å². The summed E-state index contributed by atoms with van der Waals surface area (Å²) in [6.07, 6.45) is 11.3. The molecule has 106 valence electrons. The lowest BCUT2D eigenvalue weighted by molar-refractivity contribution is -0.116. The molecule has 0 bridgehead atoms. The van der Waals surface area contributed by atoms with E-state index in [1.54, 1.807) is 6.20 Å². The Morgan fingerprint density at radius 1 is 1.35 bits per heavy atom. The van der Waals surface area contributed by atoms with Gasteiger partial charge in [-0.2, -0.15) is 0 Å². The molecule has 1 aliphatic heterocycles. The second-order valence-electron chi connectivity index (χ2n) is 5.62. The van der Waals surface area contributed by atoms with Crippen molar-refractivity contribution in [1.29, 1.82) is 0 Å². The van der Waals surface area contributed by atoms with Crippen molar-refractivity contribution in [3.63, 3.8) is 0 Å². The fourth-order valence-corrected chi connectivity index (χ4v) is 2.91. The molecular weight excluding hydrogens is 250 g/mol. The highest BCUT2D eigenvalue weighted by Crippen LogP contribution is 2.22. The summed E-state index contributed by atoms with van der Waals surface area (Å²) in [5, 5.41) is 2.93. The van der Waals surface area contributed by atoms with E-state index >= 15 is 0 Å². The minimum Gasteiger partial charge on any atom is -0.357 e. The summed E-state index contributed by atoms with van der Waals surface area (Å²) in [6.45, 7) is 2.18. The summed E-state index contributed by atoms with van der Waals surface area (Å²) < 4.78 is 0. The number of rotatable bonds is 4. The molecule has 3 rings (SSSR count). The third-order valence-corrected chi connectivity index (χ3v) is 4.02. The van der Waals surface area contributed by atoms with Gasteiger partial charge in [-0.15, -0.1) is 0 Å². The summed E-state index contributed by atoms with van der Waals surface area (Å²) in [6, 6.07) is 3.94. The van der Waals surface area contributed by atoms with Gasteiger partial charge >= 0.3 is 0 Å². The van der Waals surface area contributed by atoms with Crippen molar-refractivity contribution in [3.8, 4) is 0 Å². The number of nitrogens with zero attached hydrogens (tertiary/aromatic N) is 2. The van der Waals surface area contributed by atoms with Crippen molar-refractivity contribution in [3.05, 3.63) is 30.5 Å². The third kappa shape index (κ3) is 3.18. The summed E-state index contributed by atoms with van der Waals surface area (Å²) in [5.41, 5.74) is 0.792. The Balaban J connectivity index is 1.54.